The number of hydrogen-bond acceptors (Lipinski definition) is 4. The number of likely N-dealkylation sites (tertiary alicyclic amines) is 1. The van der Waals surface area contributed by atoms with Crippen LogP contribution in [0.4, 0.5) is 0 Å². The zero-order valence-corrected chi connectivity index (χ0v) is 11.4. The third kappa shape index (κ3) is 3.98. The Bertz CT molecular complexity index is 294. The second-order valence-electron chi connectivity index (χ2n) is 4.72. The van der Waals surface area contributed by atoms with Crippen LogP contribution >= 0.6 is 0 Å². The third-order valence-electron chi connectivity index (χ3n) is 3.34. The minimum absolute atomic E-state index is 0.0258. The highest BCUT2D eigenvalue weighted by Gasteiger charge is 2.33. The van der Waals surface area contributed by atoms with Crippen molar-refractivity contribution in [2.45, 2.75) is 58.0 Å². The predicted molar refractivity (Wildman–Crippen MR) is 68.9 cm³/mol. The molecule has 1 heterocycles. The third-order valence-corrected chi connectivity index (χ3v) is 3.34. The minimum Gasteiger partial charge on any atom is -0.464 e. The van der Waals surface area contributed by atoms with Gasteiger partial charge in [0.25, 0.3) is 0 Å². The molecule has 5 heteroatoms. The van der Waals surface area contributed by atoms with Crippen molar-refractivity contribution >= 4 is 11.9 Å². The van der Waals surface area contributed by atoms with Crippen LogP contribution in [-0.4, -0.2) is 42.0 Å². The van der Waals surface area contributed by atoms with Crippen molar-refractivity contribution in [3.63, 3.8) is 0 Å². The van der Waals surface area contributed by atoms with Gasteiger partial charge in [-0.2, -0.15) is 0 Å². The first kappa shape index (κ1) is 15.0. The van der Waals surface area contributed by atoms with Gasteiger partial charge >= 0.3 is 5.97 Å². The maximum absolute atomic E-state index is 12.1. The lowest BCUT2D eigenvalue weighted by molar-refractivity contribution is -0.156. The maximum atomic E-state index is 12.1. The Morgan fingerprint density at radius 3 is 2.72 bits per heavy atom. The molecule has 0 saturated carbocycles. The lowest BCUT2D eigenvalue weighted by Crippen LogP contribution is -2.49. The highest BCUT2D eigenvalue weighted by atomic mass is 16.5. The minimum atomic E-state index is -0.407. The average molecular weight is 256 g/mol. The van der Waals surface area contributed by atoms with E-state index in [2.05, 4.69) is 0 Å². The van der Waals surface area contributed by atoms with Gasteiger partial charge in [0.15, 0.2) is 0 Å². The summed E-state index contributed by atoms with van der Waals surface area (Å²) >= 11 is 0. The Kier molecular flexibility index (Phi) is 6.12. The molecular formula is C13H24N2O3. The summed E-state index contributed by atoms with van der Waals surface area (Å²) in [6.45, 7) is 4.72. The number of hydrogen-bond donors (Lipinski definition) is 1. The van der Waals surface area contributed by atoms with E-state index in [0.717, 1.165) is 19.3 Å². The first-order valence-corrected chi connectivity index (χ1v) is 6.81. The average Bonchev–Trinajstić information content (AvgIpc) is 2.38. The fourth-order valence-corrected chi connectivity index (χ4v) is 2.20. The lowest BCUT2D eigenvalue weighted by atomic mass is 10.0. The van der Waals surface area contributed by atoms with Crippen LogP contribution in [0, 0.1) is 0 Å². The van der Waals surface area contributed by atoms with Gasteiger partial charge in [-0.3, -0.25) is 4.79 Å². The topological polar surface area (TPSA) is 72.6 Å². The van der Waals surface area contributed by atoms with E-state index in [1.54, 1.807) is 11.8 Å². The van der Waals surface area contributed by atoms with E-state index < -0.39 is 6.04 Å². The molecule has 2 atom stereocenters. The quantitative estimate of drug-likeness (QED) is 0.746. The molecule has 104 valence electrons. The van der Waals surface area contributed by atoms with Crippen molar-refractivity contribution in [3.05, 3.63) is 0 Å². The van der Waals surface area contributed by atoms with E-state index in [1.807, 2.05) is 6.92 Å². The van der Waals surface area contributed by atoms with Crippen LogP contribution in [0.1, 0.15) is 46.0 Å². The molecule has 0 radical (unpaired) electrons. The number of piperidine rings is 1. The van der Waals surface area contributed by atoms with E-state index >= 15 is 0 Å². The molecule has 0 bridgehead atoms. The van der Waals surface area contributed by atoms with Gasteiger partial charge in [-0.05, 0) is 32.6 Å². The number of nitrogens with zero attached hydrogens (tertiary/aromatic N) is 1. The summed E-state index contributed by atoms with van der Waals surface area (Å²) in [5.74, 6) is -0.308. The smallest absolute Gasteiger partial charge is 0.328 e. The number of ether oxygens (including phenoxy) is 1. The first-order chi connectivity index (χ1) is 8.60. The Morgan fingerprint density at radius 2 is 2.11 bits per heavy atom. The molecule has 1 fully saturated rings. The summed E-state index contributed by atoms with van der Waals surface area (Å²) in [5, 5.41) is 0. The number of nitrogens with two attached hydrogens (primary N) is 1. The van der Waals surface area contributed by atoms with Gasteiger partial charge in [-0.1, -0.05) is 6.92 Å². The van der Waals surface area contributed by atoms with E-state index in [9.17, 15) is 9.59 Å². The molecule has 0 spiro atoms. The Hall–Kier alpha value is -1.10. The molecule has 1 aliphatic rings. The van der Waals surface area contributed by atoms with Crippen LogP contribution in [0.25, 0.3) is 0 Å². The van der Waals surface area contributed by atoms with Gasteiger partial charge in [-0.15, -0.1) is 0 Å². The fourth-order valence-electron chi connectivity index (χ4n) is 2.20. The second-order valence-corrected chi connectivity index (χ2v) is 4.72. The molecule has 0 aliphatic carbocycles. The Labute approximate surface area is 109 Å². The summed E-state index contributed by atoms with van der Waals surface area (Å²) in [7, 11) is 0. The van der Waals surface area contributed by atoms with E-state index in [0.29, 0.717) is 26.0 Å². The van der Waals surface area contributed by atoms with E-state index in [4.69, 9.17) is 10.5 Å². The first-order valence-electron chi connectivity index (χ1n) is 6.81. The summed E-state index contributed by atoms with van der Waals surface area (Å²) in [4.78, 5) is 25.6. The Morgan fingerprint density at radius 1 is 1.39 bits per heavy atom. The van der Waals surface area contributed by atoms with Crippen molar-refractivity contribution < 1.29 is 14.3 Å². The molecule has 0 aromatic rings. The van der Waals surface area contributed by atoms with Crippen molar-refractivity contribution in [1.82, 2.24) is 4.90 Å². The second kappa shape index (κ2) is 7.36. The SMILES string of the molecule is CCOC(=O)C1CCCCN1C(=O)CC(N)CC. The lowest BCUT2D eigenvalue weighted by Gasteiger charge is -2.34. The highest BCUT2D eigenvalue weighted by Crippen LogP contribution is 2.19. The largest absolute Gasteiger partial charge is 0.464 e. The van der Waals surface area contributed by atoms with Gasteiger partial charge in [0, 0.05) is 19.0 Å². The molecule has 2 unspecified atom stereocenters. The number of rotatable bonds is 5. The summed E-state index contributed by atoms with van der Waals surface area (Å²) in [5.41, 5.74) is 5.80. The van der Waals surface area contributed by atoms with E-state index in [1.165, 1.54) is 0 Å². The fraction of sp³-hybridized carbons (Fsp3) is 0.846. The standard InChI is InChI=1S/C13H24N2O3/c1-3-10(14)9-12(16)15-8-6-5-7-11(15)13(17)18-4-2/h10-11H,3-9,14H2,1-2H3. The Balaban J connectivity index is 2.63. The molecule has 1 saturated heterocycles. The van der Waals surface area contributed by atoms with Crippen LogP contribution in [0.5, 0.6) is 0 Å². The molecule has 2 N–H and O–H groups in total. The predicted octanol–water partition coefficient (Wildman–Crippen LogP) is 1.06. The van der Waals surface area contributed by atoms with Gasteiger partial charge < -0.3 is 15.4 Å². The zero-order valence-electron chi connectivity index (χ0n) is 11.4. The van der Waals surface area contributed by atoms with Crippen molar-refractivity contribution in [2.75, 3.05) is 13.2 Å². The van der Waals surface area contributed by atoms with Crippen LogP contribution < -0.4 is 5.73 Å². The van der Waals surface area contributed by atoms with Gasteiger partial charge in [0.2, 0.25) is 5.91 Å². The summed E-state index contributed by atoms with van der Waals surface area (Å²) < 4.78 is 5.03. The number of esters is 1. The number of amides is 1. The molecule has 0 aromatic carbocycles. The molecule has 0 aromatic heterocycles. The van der Waals surface area contributed by atoms with Crippen molar-refractivity contribution in [3.8, 4) is 0 Å². The number of carbonyl (C=O) groups is 2. The monoisotopic (exact) mass is 256 g/mol. The van der Waals surface area contributed by atoms with Gasteiger partial charge in [-0.25, -0.2) is 4.79 Å². The zero-order chi connectivity index (χ0) is 13.5. The van der Waals surface area contributed by atoms with Crippen molar-refractivity contribution in [1.29, 1.82) is 0 Å². The van der Waals surface area contributed by atoms with Gasteiger partial charge in [0.1, 0.15) is 6.04 Å². The normalized spacial score (nSPS) is 21.5. The van der Waals surface area contributed by atoms with Crippen LogP contribution in [0.15, 0.2) is 0 Å². The van der Waals surface area contributed by atoms with Crippen LogP contribution in [0.3, 0.4) is 0 Å². The molecule has 1 rings (SSSR count). The van der Waals surface area contributed by atoms with Crippen molar-refractivity contribution in [2.24, 2.45) is 5.73 Å². The van der Waals surface area contributed by atoms with E-state index in [-0.39, 0.29) is 17.9 Å². The number of carbonyl (C=O) groups excluding carboxylic acids is 2. The van der Waals surface area contributed by atoms with Gasteiger partial charge in [0.05, 0.1) is 6.61 Å². The molecule has 18 heavy (non-hydrogen) atoms. The summed E-state index contributed by atoms with van der Waals surface area (Å²) in [6, 6.07) is -0.530. The molecule has 1 aliphatic heterocycles. The highest BCUT2D eigenvalue weighted by molar-refractivity contribution is 5.85. The van der Waals surface area contributed by atoms with Crippen LogP contribution in [0.2, 0.25) is 0 Å². The molecular weight excluding hydrogens is 232 g/mol. The molecule has 1 amide bonds. The summed E-state index contributed by atoms with van der Waals surface area (Å²) in [6.07, 6.45) is 3.69. The van der Waals surface area contributed by atoms with Crippen LogP contribution in [-0.2, 0) is 14.3 Å². The maximum Gasteiger partial charge on any atom is 0.328 e. The molecule has 5 nitrogen and oxygen atoms in total.